The number of esters is 2. The van der Waals surface area contributed by atoms with Crippen LogP contribution in [0.25, 0.3) is 0 Å². The Balaban J connectivity index is 2.45. The molecule has 4 nitrogen and oxygen atoms in total. The van der Waals surface area contributed by atoms with Gasteiger partial charge in [0.1, 0.15) is 16.9 Å². The first-order chi connectivity index (χ1) is 12.0. The molecule has 0 saturated heterocycles. The van der Waals surface area contributed by atoms with E-state index in [1.54, 1.807) is 0 Å². The molecule has 0 aliphatic carbocycles. The van der Waals surface area contributed by atoms with Crippen LogP contribution in [0.2, 0.25) is 0 Å². The van der Waals surface area contributed by atoms with Crippen molar-refractivity contribution < 1.29 is 32.2 Å². The maximum absolute atomic E-state index is 13.9. The number of carbonyl (C=O) groups excluding carboxylic acids is 2. The molecule has 2 aromatic carbocycles. The van der Waals surface area contributed by atoms with Crippen molar-refractivity contribution in [1.82, 2.24) is 0 Å². The highest BCUT2D eigenvalue weighted by atomic mass is 19.4. The van der Waals surface area contributed by atoms with Gasteiger partial charge in [-0.1, -0.05) is 24.3 Å². The monoisotopic (exact) mass is 366 g/mol. The van der Waals surface area contributed by atoms with Crippen LogP contribution in [0.1, 0.15) is 31.9 Å². The Morgan fingerprint density at radius 3 is 1.27 bits per heavy atom. The molecule has 0 fully saturated rings. The zero-order valence-corrected chi connectivity index (χ0v) is 14.4. The third kappa shape index (κ3) is 4.04. The number of carbonyl (C=O) groups is 2. The summed E-state index contributed by atoms with van der Waals surface area (Å²) in [4.78, 5) is 21.9. The third-order valence-corrected chi connectivity index (χ3v) is 3.95. The van der Waals surface area contributed by atoms with Crippen LogP contribution < -0.4 is 9.47 Å². The molecule has 0 saturated carbocycles. The highest BCUT2D eigenvalue weighted by molar-refractivity contribution is 5.69. The lowest BCUT2D eigenvalue weighted by Gasteiger charge is -2.33. The fourth-order valence-corrected chi connectivity index (χ4v) is 2.54. The number of benzene rings is 2. The van der Waals surface area contributed by atoms with E-state index in [1.165, 1.54) is 62.4 Å². The van der Waals surface area contributed by atoms with Crippen molar-refractivity contribution in [3.05, 3.63) is 59.7 Å². The molecule has 2 rings (SSSR count). The van der Waals surface area contributed by atoms with Gasteiger partial charge in [0.25, 0.3) is 0 Å². The largest absolute Gasteiger partial charge is 0.427 e. The summed E-state index contributed by atoms with van der Waals surface area (Å²) in [5, 5.41) is 0. The average molecular weight is 366 g/mol. The molecular weight excluding hydrogens is 349 g/mol. The molecule has 0 bridgehead atoms. The van der Waals surface area contributed by atoms with Gasteiger partial charge in [-0.15, -0.1) is 0 Å². The van der Waals surface area contributed by atoms with Crippen molar-refractivity contribution in [2.75, 3.05) is 0 Å². The molecule has 0 aliphatic rings. The summed E-state index contributed by atoms with van der Waals surface area (Å²) in [7, 11) is 0. The van der Waals surface area contributed by atoms with Crippen LogP contribution in [0.3, 0.4) is 0 Å². The third-order valence-electron chi connectivity index (χ3n) is 3.95. The van der Waals surface area contributed by atoms with Crippen molar-refractivity contribution in [2.45, 2.75) is 32.4 Å². The van der Waals surface area contributed by atoms with E-state index >= 15 is 0 Å². The first-order valence-electron chi connectivity index (χ1n) is 7.68. The molecule has 0 spiro atoms. The molecule has 7 heteroatoms. The molecule has 0 atom stereocenters. The molecule has 2 aromatic rings. The second-order valence-corrected chi connectivity index (χ2v) is 5.86. The summed E-state index contributed by atoms with van der Waals surface area (Å²) in [5.74, 6) is -0.790. The van der Waals surface area contributed by atoms with Gasteiger partial charge in [0.2, 0.25) is 0 Å². The SMILES string of the molecule is CC(=O)Oc1ccc(C(C)(c2ccc(OC(C)=O)cc2)C(F)(F)F)cc1. The van der Waals surface area contributed by atoms with E-state index in [0.717, 1.165) is 6.92 Å². The zero-order chi connectivity index (χ0) is 19.5. The molecule has 0 unspecified atom stereocenters. The highest BCUT2D eigenvalue weighted by Crippen LogP contribution is 2.46. The van der Waals surface area contributed by atoms with E-state index in [0.29, 0.717) is 0 Å². The van der Waals surface area contributed by atoms with E-state index < -0.39 is 23.5 Å². The summed E-state index contributed by atoms with van der Waals surface area (Å²) < 4.78 is 51.5. The lowest BCUT2D eigenvalue weighted by molar-refractivity contribution is -0.173. The Morgan fingerprint density at radius 1 is 0.731 bits per heavy atom. The zero-order valence-electron chi connectivity index (χ0n) is 14.4. The van der Waals surface area contributed by atoms with E-state index in [-0.39, 0.29) is 22.6 Å². The van der Waals surface area contributed by atoms with Crippen LogP contribution in [-0.4, -0.2) is 18.1 Å². The maximum Gasteiger partial charge on any atom is 0.402 e. The van der Waals surface area contributed by atoms with E-state index in [2.05, 4.69) is 0 Å². The smallest absolute Gasteiger partial charge is 0.402 e. The van der Waals surface area contributed by atoms with Crippen LogP contribution >= 0.6 is 0 Å². The number of halogens is 3. The topological polar surface area (TPSA) is 52.6 Å². The summed E-state index contributed by atoms with van der Waals surface area (Å²) in [6, 6.07) is 10.3. The standard InChI is InChI=1S/C19H17F3O4/c1-12(23)25-16-8-4-14(5-9-16)18(3,19(20,21)22)15-6-10-17(11-7-15)26-13(2)24/h4-11H,1-3H3. The minimum absolute atomic E-state index is 0.0128. The quantitative estimate of drug-likeness (QED) is 0.594. The number of hydrogen-bond donors (Lipinski definition) is 0. The van der Waals surface area contributed by atoms with E-state index in [9.17, 15) is 22.8 Å². The Labute approximate surface area is 148 Å². The molecule has 0 heterocycles. The number of rotatable bonds is 4. The van der Waals surface area contributed by atoms with Crippen LogP contribution in [0.4, 0.5) is 13.2 Å². The predicted molar refractivity (Wildman–Crippen MR) is 88.0 cm³/mol. The van der Waals surface area contributed by atoms with Crippen molar-refractivity contribution in [1.29, 1.82) is 0 Å². The van der Waals surface area contributed by atoms with E-state index in [1.807, 2.05) is 0 Å². The normalized spacial score (nSPS) is 11.8. The Kier molecular flexibility index (Phi) is 5.39. The minimum atomic E-state index is -4.58. The summed E-state index contributed by atoms with van der Waals surface area (Å²) in [6.45, 7) is 3.48. The van der Waals surface area contributed by atoms with Crippen molar-refractivity contribution >= 4 is 11.9 Å². The van der Waals surface area contributed by atoms with Gasteiger partial charge in [0.05, 0.1) is 0 Å². The minimum Gasteiger partial charge on any atom is -0.427 e. The van der Waals surface area contributed by atoms with Gasteiger partial charge >= 0.3 is 18.1 Å². The molecular formula is C19H17F3O4. The van der Waals surface area contributed by atoms with Crippen LogP contribution in [0.5, 0.6) is 11.5 Å². The summed E-state index contributed by atoms with van der Waals surface area (Å²) in [6.07, 6.45) is -4.58. The van der Waals surface area contributed by atoms with Gasteiger partial charge in [0, 0.05) is 13.8 Å². The molecule has 0 aliphatic heterocycles. The fourth-order valence-electron chi connectivity index (χ4n) is 2.54. The van der Waals surface area contributed by atoms with Crippen LogP contribution in [0.15, 0.2) is 48.5 Å². The average Bonchev–Trinajstić information content (AvgIpc) is 2.53. The Bertz CT molecular complexity index is 734. The van der Waals surface area contributed by atoms with Gasteiger partial charge in [0.15, 0.2) is 0 Å². The lowest BCUT2D eigenvalue weighted by atomic mass is 9.75. The summed E-state index contributed by atoms with van der Waals surface area (Å²) >= 11 is 0. The van der Waals surface area contributed by atoms with Gasteiger partial charge in [-0.3, -0.25) is 9.59 Å². The van der Waals surface area contributed by atoms with Crippen molar-refractivity contribution in [2.24, 2.45) is 0 Å². The lowest BCUT2D eigenvalue weighted by Crippen LogP contribution is -2.40. The van der Waals surface area contributed by atoms with Gasteiger partial charge < -0.3 is 9.47 Å². The first-order valence-corrected chi connectivity index (χ1v) is 7.68. The highest BCUT2D eigenvalue weighted by Gasteiger charge is 2.53. The van der Waals surface area contributed by atoms with Gasteiger partial charge in [-0.25, -0.2) is 0 Å². The molecule has 26 heavy (non-hydrogen) atoms. The molecule has 138 valence electrons. The molecule has 0 amide bonds. The molecule has 0 N–H and O–H groups in total. The second-order valence-electron chi connectivity index (χ2n) is 5.86. The fraction of sp³-hybridized carbons (Fsp3) is 0.263. The Morgan fingerprint density at radius 2 is 1.04 bits per heavy atom. The summed E-state index contributed by atoms with van der Waals surface area (Å²) in [5.41, 5.74) is -2.32. The maximum atomic E-state index is 13.9. The molecule has 0 radical (unpaired) electrons. The van der Waals surface area contributed by atoms with Crippen molar-refractivity contribution in [3.63, 3.8) is 0 Å². The Hall–Kier alpha value is -2.83. The number of alkyl halides is 3. The van der Waals surface area contributed by atoms with Gasteiger partial charge in [-0.05, 0) is 42.3 Å². The van der Waals surface area contributed by atoms with Crippen molar-refractivity contribution in [3.8, 4) is 11.5 Å². The predicted octanol–water partition coefficient (Wildman–Crippen LogP) is 4.41. The number of hydrogen-bond acceptors (Lipinski definition) is 4. The number of ether oxygens (including phenoxy) is 2. The van der Waals surface area contributed by atoms with Crippen LogP contribution in [-0.2, 0) is 15.0 Å². The van der Waals surface area contributed by atoms with Gasteiger partial charge in [-0.2, -0.15) is 13.2 Å². The first kappa shape index (κ1) is 19.5. The molecule has 0 aromatic heterocycles. The second kappa shape index (κ2) is 7.19. The van der Waals surface area contributed by atoms with Crippen LogP contribution in [0, 0.1) is 0 Å². The van der Waals surface area contributed by atoms with E-state index in [4.69, 9.17) is 9.47 Å².